The third-order valence-corrected chi connectivity index (χ3v) is 3.33. The van der Waals surface area contributed by atoms with Gasteiger partial charge in [-0.05, 0) is 38.0 Å². The molecular formula is C16H17N3. The molecule has 3 N–H and O–H groups in total. The number of H-pyrrole nitrogens is 1. The zero-order chi connectivity index (χ0) is 13.6. The first-order valence-corrected chi connectivity index (χ1v) is 6.37. The lowest BCUT2D eigenvalue weighted by molar-refractivity contribution is 1.22. The summed E-state index contributed by atoms with van der Waals surface area (Å²) in [5.74, 6) is 0. The third kappa shape index (κ3) is 1.97. The lowest BCUT2D eigenvalue weighted by Crippen LogP contribution is -1.91. The second-order valence-corrected chi connectivity index (χ2v) is 5.16. The van der Waals surface area contributed by atoms with Crippen LogP contribution in [0, 0.1) is 20.8 Å². The summed E-state index contributed by atoms with van der Waals surface area (Å²) in [5, 5.41) is 1.01. The quantitative estimate of drug-likeness (QED) is 0.692. The molecule has 3 rings (SSSR count). The monoisotopic (exact) mass is 251 g/mol. The lowest BCUT2D eigenvalue weighted by atomic mass is 9.98. The van der Waals surface area contributed by atoms with Crippen LogP contribution >= 0.6 is 0 Å². The number of benzene rings is 1. The Morgan fingerprint density at radius 3 is 2.37 bits per heavy atom. The molecule has 0 atom stereocenters. The molecule has 96 valence electrons. The molecule has 0 radical (unpaired) electrons. The predicted molar refractivity (Wildman–Crippen MR) is 80.2 cm³/mol. The Kier molecular flexibility index (Phi) is 2.56. The summed E-state index contributed by atoms with van der Waals surface area (Å²) in [6, 6.07) is 8.65. The van der Waals surface area contributed by atoms with Gasteiger partial charge < -0.3 is 10.7 Å². The molecule has 2 aromatic heterocycles. The molecule has 0 fully saturated rings. The first kappa shape index (κ1) is 11.8. The molecule has 0 aliphatic rings. The van der Waals surface area contributed by atoms with Crippen LogP contribution in [0.3, 0.4) is 0 Å². The van der Waals surface area contributed by atoms with Gasteiger partial charge in [-0.2, -0.15) is 0 Å². The summed E-state index contributed by atoms with van der Waals surface area (Å²) >= 11 is 0. The molecule has 3 aromatic rings. The molecule has 0 unspecified atom stereocenters. The van der Waals surface area contributed by atoms with Crippen LogP contribution in [0.5, 0.6) is 0 Å². The highest BCUT2D eigenvalue weighted by molar-refractivity contribution is 6.01. The minimum Gasteiger partial charge on any atom is -0.397 e. The highest BCUT2D eigenvalue weighted by Gasteiger charge is 2.11. The van der Waals surface area contributed by atoms with E-state index < -0.39 is 0 Å². The summed E-state index contributed by atoms with van der Waals surface area (Å²) in [6.45, 7) is 6.23. The van der Waals surface area contributed by atoms with Gasteiger partial charge in [0.15, 0.2) is 0 Å². The van der Waals surface area contributed by atoms with Gasteiger partial charge in [-0.15, -0.1) is 0 Å². The van der Waals surface area contributed by atoms with E-state index in [-0.39, 0.29) is 0 Å². The molecule has 19 heavy (non-hydrogen) atoms. The van der Waals surface area contributed by atoms with E-state index in [4.69, 9.17) is 5.73 Å². The van der Waals surface area contributed by atoms with Crippen LogP contribution in [-0.2, 0) is 0 Å². The molecule has 0 aliphatic heterocycles. The van der Waals surface area contributed by atoms with E-state index in [1.165, 1.54) is 16.7 Å². The highest BCUT2D eigenvalue weighted by Crippen LogP contribution is 2.33. The fourth-order valence-corrected chi connectivity index (χ4v) is 2.65. The number of nitrogens with one attached hydrogen (secondary N) is 1. The number of hydrogen-bond acceptors (Lipinski definition) is 2. The molecule has 0 amide bonds. The average molecular weight is 251 g/mol. The molecule has 3 heteroatoms. The maximum atomic E-state index is 6.07. The van der Waals surface area contributed by atoms with E-state index in [9.17, 15) is 0 Å². The maximum Gasteiger partial charge on any atom is 0.140 e. The number of pyridine rings is 1. The molecule has 0 saturated heterocycles. The number of rotatable bonds is 1. The molecule has 2 heterocycles. The molecule has 0 bridgehead atoms. The van der Waals surface area contributed by atoms with Crippen molar-refractivity contribution >= 4 is 16.7 Å². The molecule has 0 aliphatic carbocycles. The summed E-state index contributed by atoms with van der Waals surface area (Å²) in [5.41, 5.74) is 13.5. The Hall–Kier alpha value is -2.29. The topological polar surface area (TPSA) is 54.7 Å². The van der Waals surface area contributed by atoms with E-state index >= 15 is 0 Å². The number of fused-ring (bicyclic) bond motifs is 1. The van der Waals surface area contributed by atoms with Crippen LogP contribution in [0.1, 0.15) is 16.8 Å². The molecule has 3 nitrogen and oxygen atoms in total. The summed E-state index contributed by atoms with van der Waals surface area (Å²) in [7, 11) is 0. The van der Waals surface area contributed by atoms with Crippen molar-refractivity contribution in [3.05, 3.63) is 47.3 Å². The lowest BCUT2D eigenvalue weighted by Gasteiger charge is -2.08. The number of aromatic nitrogens is 2. The maximum absolute atomic E-state index is 6.07. The van der Waals surface area contributed by atoms with Gasteiger partial charge in [0.1, 0.15) is 5.65 Å². The number of aryl methyl sites for hydroxylation is 3. The average Bonchev–Trinajstić information content (AvgIpc) is 2.68. The van der Waals surface area contributed by atoms with Gasteiger partial charge in [0.25, 0.3) is 0 Å². The van der Waals surface area contributed by atoms with Crippen LogP contribution in [-0.4, -0.2) is 9.97 Å². The Labute approximate surface area is 112 Å². The Morgan fingerprint density at radius 2 is 1.68 bits per heavy atom. The first-order chi connectivity index (χ1) is 9.04. The minimum absolute atomic E-state index is 0.747. The smallest absolute Gasteiger partial charge is 0.140 e. The zero-order valence-corrected chi connectivity index (χ0v) is 11.4. The molecule has 1 aromatic carbocycles. The van der Waals surface area contributed by atoms with E-state index in [1.54, 1.807) is 0 Å². The van der Waals surface area contributed by atoms with Crippen LogP contribution in [0.4, 0.5) is 5.69 Å². The van der Waals surface area contributed by atoms with E-state index in [0.29, 0.717) is 0 Å². The van der Waals surface area contributed by atoms with Crippen LogP contribution < -0.4 is 5.73 Å². The van der Waals surface area contributed by atoms with Gasteiger partial charge >= 0.3 is 0 Å². The van der Waals surface area contributed by atoms with E-state index in [2.05, 4.69) is 48.1 Å². The van der Waals surface area contributed by atoms with Crippen molar-refractivity contribution in [2.24, 2.45) is 0 Å². The fourth-order valence-electron chi connectivity index (χ4n) is 2.65. The predicted octanol–water partition coefficient (Wildman–Crippen LogP) is 3.74. The van der Waals surface area contributed by atoms with Gasteiger partial charge in [0.2, 0.25) is 0 Å². The summed E-state index contributed by atoms with van der Waals surface area (Å²) < 4.78 is 0. The largest absolute Gasteiger partial charge is 0.397 e. The SMILES string of the molecule is Cc1cc(C)cc(-c2cc(C)nc3[nH]cc(N)c23)c1. The van der Waals surface area contributed by atoms with Crippen molar-refractivity contribution in [2.75, 3.05) is 5.73 Å². The van der Waals surface area contributed by atoms with Crippen LogP contribution in [0.2, 0.25) is 0 Å². The third-order valence-electron chi connectivity index (χ3n) is 3.33. The normalized spacial score (nSPS) is 11.1. The first-order valence-electron chi connectivity index (χ1n) is 6.37. The van der Waals surface area contributed by atoms with Gasteiger partial charge in [0, 0.05) is 17.3 Å². The second kappa shape index (κ2) is 4.12. The van der Waals surface area contributed by atoms with E-state index in [0.717, 1.165) is 28.0 Å². The highest BCUT2D eigenvalue weighted by atomic mass is 14.9. The second-order valence-electron chi connectivity index (χ2n) is 5.16. The molecular weight excluding hydrogens is 234 g/mol. The summed E-state index contributed by atoms with van der Waals surface area (Å²) in [4.78, 5) is 7.62. The van der Waals surface area contributed by atoms with Crippen molar-refractivity contribution in [3.63, 3.8) is 0 Å². The van der Waals surface area contributed by atoms with Gasteiger partial charge in [-0.3, -0.25) is 0 Å². The van der Waals surface area contributed by atoms with Crippen molar-refractivity contribution in [3.8, 4) is 11.1 Å². The summed E-state index contributed by atoms with van der Waals surface area (Å²) in [6.07, 6.45) is 1.81. The molecule has 0 spiro atoms. The standard InChI is InChI=1S/C16H17N3/c1-9-4-10(2)6-12(5-9)13-7-11(3)19-16-15(13)14(17)8-18-16/h4-8H,17H2,1-3H3,(H,18,19). The van der Waals surface area contributed by atoms with Gasteiger partial charge in [-0.1, -0.05) is 29.3 Å². The minimum atomic E-state index is 0.747. The Morgan fingerprint density at radius 1 is 1.00 bits per heavy atom. The number of aromatic amines is 1. The van der Waals surface area contributed by atoms with Crippen molar-refractivity contribution in [1.82, 2.24) is 9.97 Å². The van der Waals surface area contributed by atoms with Crippen LogP contribution in [0.15, 0.2) is 30.5 Å². The number of nitrogen functional groups attached to an aromatic ring is 1. The van der Waals surface area contributed by atoms with Crippen molar-refractivity contribution in [1.29, 1.82) is 0 Å². The number of anilines is 1. The molecule has 0 saturated carbocycles. The van der Waals surface area contributed by atoms with Crippen molar-refractivity contribution in [2.45, 2.75) is 20.8 Å². The number of nitrogens with two attached hydrogens (primary N) is 1. The van der Waals surface area contributed by atoms with Gasteiger partial charge in [0.05, 0.1) is 5.69 Å². The zero-order valence-electron chi connectivity index (χ0n) is 11.4. The fraction of sp³-hybridized carbons (Fsp3) is 0.188. The number of hydrogen-bond donors (Lipinski definition) is 2. The van der Waals surface area contributed by atoms with Crippen molar-refractivity contribution < 1.29 is 0 Å². The Balaban J connectivity index is 2.37. The van der Waals surface area contributed by atoms with E-state index in [1.807, 2.05) is 13.1 Å². The van der Waals surface area contributed by atoms with Crippen LogP contribution in [0.25, 0.3) is 22.2 Å². The number of nitrogens with zero attached hydrogens (tertiary/aromatic N) is 1. The van der Waals surface area contributed by atoms with Gasteiger partial charge in [-0.25, -0.2) is 4.98 Å². The Bertz CT molecular complexity index is 749.